The standard InChI is InChI=1S/C18H27N3O/c1-4-5-13-21-16-10-7-6-9-15(16)20-17(21)11-8-12-19-18(22)14(2)3/h6-7,9-10,14H,4-5,8,11-13H2,1-3H3,(H,19,22). The van der Waals surface area contributed by atoms with E-state index < -0.39 is 0 Å². The summed E-state index contributed by atoms with van der Waals surface area (Å²) in [5.74, 6) is 1.31. The lowest BCUT2D eigenvalue weighted by Gasteiger charge is -2.10. The van der Waals surface area contributed by atoms with Gasteiger partial charge in [-0.15, -0.1) is 0 Å². The molecule has 0 aliphatic heterocycles. The molecule has 0 radical (unpaired) electrons. The highest BCUT2D eigenvalue weighted by atomic mass is 16.1. The number of amides is 1. The maximum atomic E-state index is 11.6. The fourth-order valence-electron chi connectivity index (χ4n) is 2.54. The molecule has 2 rings (SSSR count). The van der Waals surface area contributed by atoms with Gasteiger partial charge in [0.1, 0.15) is 5.82 Å². The molecule has 1 aromatic carbocycles. The number of rotatable bonds is 8. The molecule has 1 aromatic heterocycles. The van der Waals surface area contributed by atoms with Gasteiger partial charge in [-0.1, -0.05) is 39.3 Å². The van der Waals surface area contributed by atoms with Gasteiger partial charge in [0.25, 0.3) is 0 Å². The van der Waals surface area contributed by atoms with Crippen LogP contribution in [0.3, 0.4) is 0 Å². The number of aromatic nitrogens is 2. The molecule has 0 atom stereocenters. The normalized spacial score (nSPS) is 11.3. The number of unbranched alkanes of at least 4 members (excludes halogenated alkanes) is 1. The van der Waals surface area contributed by atoms with E-state index in [0.29, 0.717) is 6.54 Å². The molecule has 1 heterocycles. The Kier molecular flexibility index (Phi) is 5.99. The van der Waals surface area contributed by atoms with Crippen molar-refractivity contribution in [3.05, 3.63) is 30.1 Å². The highest BCUT2D eigenvalue weighted by molar-refractivity contribution is 5.77. The third kappa shape index (κ3) is 4.09. The number of imidazole rings is 1. The zero-order valence-electron chi connectivity index (χ0n) is 13.9. The Bertz CT molecular complexity index is 616. The van der Waals surface area contributed by atoms with Crippen molar-refractivity contribution in [2.75, 3.05) is 6.54 Å². The molecule has 2 aromatic rings. The van der Waals surface area contributed by atoms with Crippen molar-refractivity contribution in [3.63, 3.8) is 0 Å². The minimum absolute atomic E-state index is 0.0501. The van der Waals surface area contributed by atoms with Crippen LogP contribution in [-0.2, 0) is 17.8 Å². The molecule has 1 N–H and O–H groups in total. The first-order valence-electron chi connectivity index (χ1n) is 8.35. The second-order valence-corrected chi connectivity index (χ2v) is 6.07. The smallest absolute Gasteiger partial charge is 0.222 e. The minimum Gasteiger partial charge on any atom is -0.356 e. The first-order chi connectivity index (χ1) is 10.6. The Morgan fingerprint density at radius 2 is 2.05 bits per heavy atom. The van der Waals surface area contributed by atoms with Crippen molar-refractivity contribution in [2.45, 2.75) is 53.0 Å². The molecular weight excluding hydrogens is 274 g/mol. The maximum absolute atomic E-state index is 11.6. The zero-order chi connectivity index (χ0) is 15.9. The number of carbonyl (C=O) groups excluding carboxylic acids is 1. The summed E-state index contributed by atoms with van der Waals surface area (Å²) in [4.78, 5) is 16.3. The van der Waals surface area contributed by atoms with E-state index in [1.807, 2.05) is 19.9 Å². The average Bonchev–Trinajstić information content (AvgIpc) is 2.86. The Hall–Kier alpha value is -1.84. The van der Waals surface area contributed by atoms with Crippen LogP contribution in [0.5, 0.6) is 0 Å². The molecule has 4 nitrogen and oxygen atoms in total. The lowest BCUT2D eigenvalue weighted by Crippen LogP contribution is -2.28. The number of nitrogens with one attached hydrogen (secondary N) is 1. The van der Waals surface area contributed by atoms with Gasteiger partial charge in [0.2, 0.25) is 5.91 Å². The van der Waals surface area contributed by atoms with Crippen molar-refractivity contribution in [2.24, 2.45) is 5.92 Å². The summed E-state index contributed by atoms with van der Waals surface area (Å²) in [6, 6.07) is 8.31. The van der Waals surface area contributed by atoms with Crippen LogP contribution in [0.2, 0.25) is 0 Å². The number of hydrogen-bond donors (Lipinski definition) is 1. The van der Waals surface area contributed by atoms with Crippen molar-refractivity contribution in [1.29, 1.82) is 0 Å². The third-order valence-electron chi connectivity index (χ3n) is 3.87. The molecule has 4 heteroatoms. The van der Waals surface area contributed by atoms with Crippen LogP contribution < -0.4 is 5.32 Å². The van der Waals surface area contributed by atoms with Gasteiger partial charge >= 0.3 is 0 Å². The fourth-order valence-corrected chi connectivity index (χ4v) is 2.54. The largest absolute Gasteiger partial charge is 0.356 e. The summed E-state index contributed by atoms with van der Waals surface area (Å²) in [7, 11) is 0. The summed E-state index contributed by atoms with van der Waals surface area (Å²) in [6.07, 6.45) is 4.17. The van der Waals surface area contributed by atoms with E-state index in [2.05, 4.69) is 35.0 Å². The van der Waals surface area contributed by atoms with Gasteiger partial charge in [0, 0.05) is 25.4 Å². The molecule has 120 valence electrons. The van der Waals surface area contributed by atoms with Crippen molar-refractivity contribution < 1.29 is 4.79 Å². The second kappa shape index (κ2) is 7.97. The van der Waals surface area contributed by atoms with Crippen LogP contribution in [-0.4, -0.2) is 22.0 Å². The van der Waals surface area contributed by atoms with Crippen LogP contribution in [0, 0.1) is 5.92 Å². The molecule has 22 heavy (non-hydrogen) atoms. The van der Waals surface area contributed by atoms with Crippen LogP contribution in [0.25, 0.3) is 11.0 Å². The van der Waals surface area contributed by atoms with Crippen LogP contribution >= 0.6 is 0 Å². The fraction of sp³-hybridized carbons (Fsp3) is 0.556. The molecule has 1 amide bonds. The zero-order valence-corrected chi connectivity index (χ0v) is 13.9. The minimum atomic E-state index is 0.0501. The van der Waals surface area contributed by atoms with E-state index in [1.54, 1.807) is 0 Å². The van der Waals surface area contributed by atoms with E-state index in [1.165, 1.54) is 11.9 Å². The summed E-state index contributed by atoms with van der Waals surface area (Å²) < 4.78 is 2.34. The van der Waals surface area contributed by atoms with Crippen LogP contribution in [0.1, 0.15) is 45.9 Å². The molecule has 0 spiro atoms. The van der Waals surface area contributed by atoms with E-state index in [-0.39, 0.29) is 11.8 Å². The highest BCUT2D eigenvalue weighted by Crippen LogP contribution is 2.18. The van der Waals surface area contributed by atoms with Gasteiger partial charge in [-0.25, -0.2) is 4.98 Å². The molecule has 0 unspecified atom stereocenters. The van der Waals surface area contributed by atoms with Crippen LogP contribution in [0.4, 0.5) is 0 Å². The summed E-state index contributed by atoms with van der Waals surface area (Å²) in [5, 5.41) is 2.97. The van der Waals surface area contributed by atoms with Crippen molar-refractivity contribution in [3.8, 4) is 0 Å². The SMILES string of the molecule is CCCCn1c(CCCNC(=O)C(C)C)nc2ccccc21. The molecule has 0 aliphatic rings. The topological polar surface area (TPSA) is 46.9 Å². The first kappa shape index (κ1) is 16.5. The summed E-state index contributed by atoms with van der Waals surface area (Å²) in [5.41, 5.74) is 2.29. The molecule has 0 fully saturated rings. The Balaban J connectivity index is 2.01. The Morgan fingerprint density at radius 3 is 2.77 bits per heavy atom. The van der Waals surface area contributed by atoms with Gasteiger partial charge in [-0.2, -0.15) is 0 Å². The van der Waals surface area contributed by atoms with E-state index in [4.69, 9.17) is 4.98 Å². The van der Waals surface area contributed by atoms with E-state index >= 15 is 0 Å². The van der Waals surface area contributed by atoms with Crippen LogP contribution in [0.15, 0.2) is 24.3 Å². The number of hydrogen-bond acceptors (Lipinski definition) is 2. The number of aryl methyl sites for hydroxylation is 2. The van der Waals surface area contributed by atoms with Gasteiger partial charge in [-0.3, -0.25) is 4.79 Å². The molecule has 0 bridgehead atoms. The highest BCUT2D eigenvalue weighted by Gasteiger charge is 2.10. The predicted octanol–water partition coefficient (Wildman–Crippen LogP) is 3.54. The van der Waals surface area contributed by atoms with Gasteiger partial charge in [0.05, 0.1) is 11.0 Å². The van der Waals surface area contributed by atoms with Gasteiger partial charge < -0.3 is 9.88 Å². The summed E-state index contributed by atoms with van der Waals surface area (Å²) in [6.45, 7) is 7.78. The Morgan fingerprint density at radius 1 is 1.27 bits per heavy atom. The van der Waals surface area contributed by atoms with E-state index in [0.717, 1.165) is 37.1 Å². The average molecular weight is 301 g/mol. The quantitative estimate of drug-likeness (QED) is 0.758. The van der Waals surface area contributed by atoms with E-state index in [9.17, 15) is 4.79 Å². The number of carbonyl (C=O) groups is 1. The monoisotopic (exact) mass is 301 g/mol. The Labute approximate surface area is 132 Å². The van der Waals surface area contributed by atoms with Crippen molar-refractivity contribution >= 4 is 16.9 Å². The third-order valence-corrected chi connectivity index (χ3v) is 3.87. The lowest BCUT2D eigenvalue weighted by molar-refractivity contribution is -0.123. The molecule has 0 aliphatic carbocycles. The lowest BCUT2D eigenvalue weighted by atomic mass is 10.2. The predicted molar refractivity (Wildman–Crippen MR) is 90.8 cm³/mol. The molecule has 0 saturated heterocycles. The van der Waals surface area contributed by atoms with Gasteiger partial charge in [0.15, 0.2) is 0 Å². The number of nitrogens with zero attached hydrogens (tertiary/aromatic N) is 2. The number of fused-ring (bicyclic) bond motifs is 1. The van der Waals surface area contributed by atoms with Gasteiger partial charge in [-0.05, 0) is 25.0 Å². The number of para-hydroxylation sites is 2. The van der Waals surface area contributed by atoms with Crippen molar-refractivity contribution in [1.82, 2.24) is 14.9 Å². The summed E-state index contributed by atoms with van der Waals surface area (Å²) >= 11 is 0. The maximum Gasteiger partial charge on any atom is 0.222 e. The number of benzene rings is 1. The first-order valence-corrected chi connectivity index (χ1v) is 8.35. The molecule has 0 saturated carbocycles. The molecular formula is C18H27N3O. The second-order valence-electron chi connectivity index (χ2n) is 6.07.